The van der Waals surface area contributed by atoms with Gasteiger partial charge in [0.05, 0.1) is 0 Å². The summed E-state index contributed by atoms with van der Waals surface area (Å²) in [4.78, 5) is 6.88. The SMILES string of the molecule is CCSC[C@@H](C)N(C)c1nc(C2CC2)ns1. The fourth-order valence-electron chi connectivity index (χ4n) is 1.47. The molecule has 1 aromatic heterocycles. The third-order valence-electron chi connectivity index (χ3n) is 2.90. The lowest BCUT2D eigenvalue weighted by molar-refractivity contribution is 0.758. The van der Waals surface area contributed by atoms with Crippen molar-refractivity contribution in [2.24, 2.45) is 0 Å². The van der Waals surface area contributed by atoms with Gasteiger partial charge in [0.25, 0.3) is 0 Å². The van der Waals surface area contributed by atoms with E-state index in [-0.39, 0.29) is 0 Å². The first-order chi connectivity index (χ1) is 7.72. The third kappa shape index (κ3) is 2.88. The fraction of sp³-hybridized carbons (Fsp3) is 0.818. The van der Waals surface area contributed by atoms with Crippen molar-refractivity contribution in [2.45, 2.75) is 38.6 Å². The lowest BCUT2D eigenvalue weighted by atomic mass is 10.4. The van der Waals surface area contributed by atoms with E-state index in [1.807, 2.05) is 11.8 Å². The van der Waals surface area contributed by atoms with Gasteiger partial charge in [0, 0.05) is 36.3 Å². The lowest BCUT2D eigenvalue weighted by Crippen LogP contribution is -2.30. The normalized spacial score (nSPS) is 17.4. The van der Waals surface area contributed by atoms with Gasteiger partial charge in [-0.25, -0.2) is 4.98 Å². The van der Waals surface area contributed by atoms with Gasteiger partial charge in [-0.1, -0.05) is 6.92 Å². The standard InChI is InChI=1S/C11H19N3S2/c1-4-15-7-8(2)14(3)11-12-10(13-16-11)9-5-6-9/h8-9H,4-7H2,1-3H3/t8-/m1/s1. The molecule has 5 heteroatoms. The molecule has 1 aliphatic carbocycles. The van der Waals surface area contributed by atoms with Crippen LogP contribution in [0.1, 0.15) is 38.4 Å². The first kappa shape index (κ1) is 12.2. The van der Waals surface area contributed by atoms with Crippen LogP contribution in [0.25, 0.3) is 0 Å². The van der Waals surface area contributed by atoms with Gasteiger partial charge in [-0.15, -0.1) is 0 Å². The van der Waals surface area contributed by atoms with E-state index in [2.05, 4.69) is 35.2 Å². The molecule has 16 heavy (non-hydrogen) atoms. The van der Waals surface area contributed by atoms with E-state index in [9.17, 15) is 0 Å². The molecule has 0 spiro atoms. The fourth-order valence-corrected chi connectivity index (χ4v) is 3.07. The van der Waals surface area contributed by atoms with E-state index < -0.39 is 0 Å². The van der Waals surface area contributed by atoms with Gasteiger partial charge in [-0.2, -0.15) is 16.1 Å². The van der Waals surface area contributed by atoms with E-state index in [4.69, 9.17) is 0 Å². The summed E-state index contributed by atoms with van der Waals surface area (Å²) in [6, 6.07) is 0.532. The average molecular weight is 257 g/mol. The molecule has 1 heterocycles. The van der Waals surface area contributed by atoms with Crippen LogP contribution in [-0.4, -0.2) is 34.0 Å². The van der Waals surface area contributed by atoms with E-state index in [0.717, 1.165) is 16.7 Å². The predicted molar refractivity (Wildman–Crippen MR) is 72.7 cm³/mol. The Balaban J connectivity index is 1.93. The Bertz CT molecular complexity index is 336. The van der Waals surface area contributed by atoms with Crippen LogP contribution in [-0.2, 0) is 0 Å². The van der Waals surface area contributed by atoms with Crippen molar-refractivity contribution in [3.8, 4) is 0 Å². The first-order valence-corrected chi connectivity index (χ1v) is 7.79. The molecule has 0 saturated heterocycles. The largest absolute Gasteiger partial charge is 0.346 e. The molecule has 0 unspecified atom stereocenters. The Morgan fingerprint density at radius 3 is 2.94 bits per heavy atom. The number of nitrogens with zero attached hydrogens (tertiary/aromatic N) is 3. The highest BCUT2D eigenvalue weighted by atomic mass is 32.2. The number of rotatable bonds is 6. The predicted octanol–water partition coefficient (Wildman–Crippen LogP) is 2.99. The molecule has 0 aliphatic heterocycles. The number of aromatic nitrogens is 2. The van der Waals surface area contributed by atoms with E-state index in [1.54, 1.807) is 11.5 Å². The van der Waals surface area contributed by atoms with Gasteiger partial charge in [-0.3, -0.25) is 0 Å². The molecule has 1 aliphatic rings. The van der Waals surface area contributed by atoms with E-state index in [0.29, 0.717) is 12.0 Å². The molecular weight excluding hydrogens is 238 g/mol. The molecule has 0 radical (unpaired) electrons. The summed E-state index contributed by atoms with van der Waals surface area (Å²) >= 11 is 3.52. The minimum atomic E-state index is 0.532. The maximum Gasteiger partial charge on any atom is 0.205 e. The van der Waals surface area contributed by atoms with Gasteiger partial charge in [0.15, 0.2) is 0 Å². The monoisotopic (exact) mass is 257 g/mol. The zero-order valence-corrected chi connectivity index (χ0v) is 11.8. The highest BCUT2D eigenvalue weighted by Crippen LogP contribution is 2.39. The second-order valence-electron chi connectivity index (χ2n) is 4.33. The maximum absolute atomic E-state index is 4.63. The summed E-state index contributed by atoms with van der Waals surface area (Å²) in [5.74, 6) is 4.08. The summed E-state index contributed by atoms with van der Waals surface area (Å²) < 4.78 is 4.44. The summed E-state index contributed by atoms with van der Waals surface area (Å²) in [5, 5.41) is 1.08. The van der Waals surface area contributed by atoms with Crippen LogP contribution in [0.3, 0.4) is 0 Å². The Morgan fingerprint density at radius 2 is 2.31 bits per heavy atom. The molecule has 1 fully saturated rings. The van der Waals surface area contributed by atoms with Crippen LogP contribution in [0.2, 0.25) is 0 Å². The number of hydrogen-bond acceptors (Lipinski definition) is 5. The average Bonchev–Trinajstić information content (AvgIpc) is 3.03. The molecule has 3 nitrogen and oxygen atoms in total. The molecule has 1 atom stereocenters. The zero-order chi connectivity index (χ0) is 11.5. The molecule has 2 rings (SSSR count). The molecule has 1 saturated carbocycles. The molecule has 0 aromatic carbocycles. The van der Waals surface area contributed by atoms with Crippen LogP contribution < -0.4 is 4.90 Å². The third-order valence-corrected chi connectivity index (χ3v) is 4.85. The zero-order valence-electron chi connectivity index (χ0n) is 10.1. The Morgan fingerprint density at radius 1 is 1.56 bits per heavy atom. The summed E-state index contributed by atoms with van der Waals surface area (Å²) in [6.45, 7) is 4.45. The van der Waals surface area contributed by atoms with Gasteiger partial charge in [0.2, 0.25) is 5.13 Å². The smallest absolute Gasteiger partial charge is 0.205 e. The van der Waals surface area contributed by atoms with Crippen molar-refractivity contribution in [1.29, 1.82) is 0 Å². The molecular formula is C11H19N3S2. The van der Waals surface area contributed by atoms with Gasteiger partial charge in [-0.05, 0) is 25.5 Å². The van der Waals surface area contributed by atoms with Crippen LogP contribution in [0.4, 0.5) is 5.13 Å². The Hall–Kier alpha value is -0.290. The minimum Gasteiger partial charge on any atom is -0.346 e. The molecule has 0 amide bonds. The topological polar surface area (TPSA) is 29.0 Å². The summed E-state index contributed by atoms with van der Waals surface area (Å²) in [5.41, 5.74) is 0. The van der Waals surface area contributed by atoms with Gasteiger partial charge < -0.3 is 4.90 Å². The maximum atomic E-state index is 4.63. The summed E-state index contributed by atoms with van der Waals surface area (Å²) in [7, 11) is 2.12. The highest BCUT2D eigenvalue weighted by Gasteiger charge is 2.28. The minimum absolute atomic E-state index is 0.532. The quantitative estimate of drug-likeness (QED) is 0.783. The molecule has 0 N–H and O–H groups in total. The van der Waals surface area contributed by atoms with Crippen molar-refractivity contribution in [3.05, 3.63) is 5.82 Å². The van der Waals surface area contributed by atoms with Gasteiger partial charge in [0.1, 0.15) is 5.82 Å². The van der Waals surface area contributed by atoms with Crippen LogP contribution in [0, 0.1) is 0 Å². The Kier molecular flexibility index (Phi) is 4.08. The number of hydrogen-bond donors (Lipinski definition) is 0. The lowest BCUT2D eigenvalue weighted by Gasteiger charge is -2.23. The number of thioether (sulfide) groups is 1. The van der Waals surface area contributed by atoms with Crippen molar-refractivity contribution in [2.75, 3.05) is 23.5 Å². The van der Waals surface area contributed by atoms with Crippen molar-refractivity contribution in [1.82, 2.24) is 9.36 Å². The van der Waals surface area contributed by atoms with Crippen LogP contribution in [0.5, 0.6) is 0 Å². The molecule has 0 bridgehead atoms. The van der Waals surface area contributed by atoms with Crippen molar-refractivity contribution in [3.63, 3.8) is 0 Å². The molecule has 1 aromatic rings. The second-order valence-corrected chi connectivity index (χ2v) is 6.38. The molecule has 90 valence electrons. The second kappa shape index (κ2) is 5.36. The van der Waals surface area contributed by atoms with Crippen LogP contribution in [0.15, 0.2) is 0 Å². The van der Waals surface area contributed by atoms with Crippen LogP contribution >= 0.6 is 23.3 Å². The highest BCUT2D eigenvalue weighted by molar-refractivity contribution is 7.99. The Labute approximate surface area is 106 Å². The summed E-state index contributed by atoms with van der Waals surface area (Å²) in [6.07, 6.45) is 2.56. The van der Waals surface area contributed by atoms with Crippen molar-refractivity contribution >= 4 is 28.4 Å². The number of anilines is 1. The van der Waals surface area contributed by atoms with E-state index in [1.165, 1.54) is 18.6 Å². The first-order valence-electron chi connectivity index (χ1n) is 5.86. The van der Waals surface area contributed by atoms with E-state index >= 15 is 0 Å². The van der Waals surface area contributed by atoms with Crippen molar-refractivity contribution < 1.29 is 0 Å². The van der Waals surface area contributed by atoms with Gasteiger partial charge >= 0.3 is 0 Å².